The number of aryl methyl sites for hydroxylation is 1. The topological polar surface area (TPSA) is 60.7 Å². The maximum atomic E-state index is 13.1. The molecule has 5 nitrogen and oxygen atoms in total. The van der Waals surface area contributed by atoms with Crippen LogP contribution in [0.3, 0.4) is 0 Å². The third-order valence-corrected chi connectivity index (χ3v) is 4.48. The lowest BCUT2D eigenvalue weighted by molar-refractivity contribution is 0.0961. The summed E-state index contributed by atoms with van der Waals surface area (Å²) in [6.45, 7) is 1.92. The summed E-state index contributed by atoms with van der Waals surface area (Å²) < 4.78 is 1.48. The molecule has 2 aromatic carbocycles. The molecule has 0 atom stereocenters. The zero-order valence-electron chi connectivity index (χ0n) is 13.2. The highest BCUT2D eigenvalue weighted by Crippen LogP contribution is 2.23. The summed E-state index contributed by atoms with van der Waals surface area (Å²) in [6.07, 6.45) is 0.561. The molecule has 0 aliphatic heterocycles. The number of halogens is 2. The van der Waals surface area contributed by atoms with Gasteiger partial charge in [-0.25, -0.2) is 19.5 Å². The fourth-order valence-electron chi connectivity index (χ4n) is 2.73. The SMILES string of the molecule is CCc1nc2nc3cc(Cl)ccc3nc2n1C(=O)c1ccccc1Cl. The lowest BCUT2D eigenvalue weighted by atomic mass is 10.2. The van der Waals surface area contributed by atoms with E-state index in [-0.39, 0.29) is 5.91 Å². The average molecular weight is 371 g/mol. The summed E-state index contributed by atoms with van der Waals surface area (Å²) in [4.78, 5) is 26.6. The summed E-state index contributed by atoms with van der Waals surface area (Å²) in [5.74, 6) is 0.314. The van der Waals surface area contributed by atoms with Gasteiger partial charge < -0.3 is 0 Å². The van der Waals surface area contributed by atoms with Gasteiger partial charge in [0, 0.05) is 11.4 Å². The Kier molecular flexibility index (Phi) is 3.90. The Morgan fingerprint density at radius 3 is 2.60 bits per heavy atom. The van der Waals surface area contributed by atoms with E-state index in [0.717, 1.165) is 0 Å². The fraction of sp³-hybridized carbons (Fsp3) is 0.111. The van der Waals surface area contributed by atoms with Gasteiger partial charge in [-0.1, -0.05) is 42.3 Å². The van der Waals surface area contributed by atoms with Gasteiger partial charge in [-0.2, -0.15) is 0 Å². The van der Waals surface area contributed by atoms with Crippen LogP contribution >= 0.6 is 23.2 Å². The second-order valence-corrected chi connectivity index (χ2v) is 6.35. The van der Waals surface area contributed by atoms with E-state index in [1.807, 2.05) is 6.92 Å². The van der Waals surface area contributed by atoms with Crippen molar-refractivity contribution in [1.29, 1.82) is 0 Å². The van der Waals surface area contributed by atoms with Crippen molar-refractivity contribution >= 4 is 51.4 Å². The Balaban J connectivity index is 2.00. The van der Waals surface area contributed by atoms with Gasteiger partial charge in [-0.05, 0) is 30.3 Å². The van der Waals surface area contributed by atoms with Crippen molar-refractivity contribution in [3.63, 3.8) is 0 Å². The molecule has 4 rings (SSSR count). The van der Waals surface area contributed by atoms with E-state index < -0.39 is 0 Å². The molecule has 0 fully saturated rings. The van der Waals surface area contributed by atoms with Crippen molar-refractivity contribution in [2.75, 3.05) is 0 Å². The average Bonchev–Trinajstić information content (AvgIpc) is 2.97. The number of imidazole rings is 1. The number of fused-ring (bicyclic) bond motifs is 2. The molecule has 0 amide bonds. The first-order chi connectivity index (χ1) is 12.1. The largest absolute Gasteiger partial charge is 0.268 e. The number of carbonyl (C=O) groups excluding carboxylic acids is 1. The Bertz CT molecular complexity index is 1140. The molecule has 0 radical (unpaired) electrons. The molecule has 0 unspecified atom stereocenters. The highest BCUT2D eigenvalue weighted by Gasteiger charge is 2.21. The van der Waals surface area contributed by atoms with Crippen LogP contribution in [0.15, 0.2) is 42.5 Å². The monoisotopic (exact) mass is 370 g/mol. The predicted molar refractivity (Wildman–Crippen MR) is 98.4 cm³/mol. The minimum Gasteiger partial charge on any atom is -0.268 e. The van der Waals surface area contributed by atoms with E-state index in [2.05, 4.69) is 15.0 Å². The van der Waals surface area contributed by atoms with Gasteiger partial charge in [0.15, 0.2) is 11.3 Å². The van der Waals surface area contributed by atoms with Gasteiger partial charge >= 0.3 is 0 Å². The molecule has 0 saturated carbocycles. The molecular formula is C18H12Cl2N4O. The Hall–Kier alpha value is -2.50. The summed E-state index contributed by atoms with van der Waals surface area (Å²) in [6, 6.07) is 12.2. The molecule has 0 aliphatic carbocycles. The molecule has 7 heteroatoms. The zero-order chi connectivity index (χ0) is 17.6. The second-order valence-electron chi connectivity index (χ2n) is 5.51. The Labute approximate surface area is 153 Å². The Morgan fingerprint density at radius 1 is 1.04 bits per heavy atom. The molecular weight excluding hydrogens is 359 g/mol. The number of benzene rings is 2. The van der Waals surface area contributed by atoms with Crippen LogP contribution < -0.4 is 0 Å². The highest BCUT2D eigenvalue weighted by atomic mass is 35.5. The summed E-state index contributed by atoms with van der Waals surface area (Å²) in [5.41, 5.74) is 2.50. The van der Waals surface area contributed by atoms with Crippen LogP contribution in [-0.2, 0) is 6.42 Å². The van der Waals surface area contributed by atoms with E-state index >= 15 is 0 Å². The van der Waals surface area contributed by atoms with Crippen LogP contribution in [0.4, 0.5) is 0 Å². The second kappa shape index (κ2) is 6.10. The highest BCUT2D eigenvalue weighted by molar-refractivity contribution is 6.34. The molecule has 0 aliphatic rings. The van der Waals surface area contributed by atoms with E-state index in [0.29, 0.717) is 50.2 Å². The standard InChI is InChI=1S/C18H12Cl2N4O/c1-2-15-23-16-17(22-13-8-7-10(19)9-14(13)21-16)24(15)18(25)11-5-3-4-6-12(11)20/h3-9H,2H2,1H3. The van der Waals surface area contributed by atoms with E-state index in [1.165, 1.54) is 4.57 Å². The van der Waals surface area contributed by atoms with Gasteiger partial charge in [0.25, 0.3) is 5.91 Å². The fourth-order valence-corrected chi connectivity index (χ4v) is 3.12. The number of carbonyl (C=O) groups is 1. The smallest absolute Gasteiger partial charge is 0.266 e. The minimum atomic E-state index is -0.271. The summed E-state index contributed by atoms with van der Waals surface area (Å²) in [5, 5.41) is 0.959. The molecule has 0 bridgehead atoms. The lowest BCUT2D eigenvalue weighted by Gasteiger charge is -2.07. The third-order valence-electron chi connectivity index (χ3n) is 3.92. The first-order valence-electron chi connectivity index (χ1n) is 7.72. The number of aromatic nitrogens is 4. The molecule has 2 aromatic heterocycles. The van der Waals surface area contributed by atoms with Gasteiger partial charge in [-0.3, -0.25) is 4.79 Å². The number of hydrogen-bond donors (Lipinski definition) is 0. The van der Waals surface area contributed by atoms with E-state index in [4.69, 9.17) is 23.2 Å². The quantitative estimate of drug-likeness (QED) is 0.519. The van der Waals surface area contributed by atoms with Crippen LogP contribution in [0.1, 0.15) is 23.1 Å². The number of rotatable bonds is 2. The van der Waals surface area contributed by atoms with Crippen molar-refractivity contribution in [3.05, 3.63) is 63.9 Å². The van der Waals surface area contributed by atoms with Gasteiger partial charge in [0.1, 0.15) is 5.82 Å². The van der Waals surface area contributed by atoms with Crippen molar-refractivity contribution in [1.82, 2.24) is 19.5 Å². The van der Waals surface area contributed by atoms with Gasteiger partial charge in [0.2, 0.25) is 0 Å². The van der Waals surface area contributed by atoms with Gasteiger partial charge in [-0.15, -0.1) is 0 Å². The van der Waals surface area contributed by atoms with Crippen LogP contribution in [0.5, 0.6) is 0 Å². The van der Waals surface area contributed by atoms with Gasteiger partial charge in [0.05, 0.1) is 21.6 Å². The molecule has 0 saturated heterocycles. The first-order valence-corrected chi connectivity index (χ1v) is 8.48. The summed E-state index contributed by atoms with van der Waals surface area (Å²) in [7, 11) is 0. The maximum absolute atomic E-state index is 13.1. The van der Waals surface area contributed by atoms with Crippen molar-refractivity contribution in [3.8, 4) is 0 Å². The molecule has 4 aromatic rings. The van der Waals surface area contributed by atoms with Crippen LogP contribution in [0, 0.1) is 0 Å². The van der Waals surface area contributed by atoms with Crippen LogP contribution in [-0.4, -0.2) is 25.4 Å². The first kappa shape index (κ1) is 16.0. The minimum absolute atomic E-state index is 0.271. The predicted octanol–water partition coefficient (Wildman–Crippen LogP) is 4.54. The van der Waals surface area contributed by atoms with Crippen molar-refractivity contribution in [2.45, 2.75) is 13.3 Å². The Morgan fingerprint density at radius 2 is 1.84 bits per heavy atom. The van der Waals surface area contributed by atoms with Crippen molar-refractivity contribution < 1.29 is 4.79 Å². The molecule has 0 spiro atoms. The molecule has 25 heavy (non-hydrogen) atoms. The third kappa shape index (κ3) is 2.65. The number of hydrogen-bond acceptors (Lipinski definition) is 4. The number of nitrogens with zero attached hydrogens (tertiary/aromatic N) is 4. The van der Waals surface area contributed by atoms with Crippen LogP contribution in [0.25, 0.3) is 22.3 Å². The van der Waals surface area contributed by atoms with E-state index in [1.54, 1.807) is 42.5 Å². The van der Waals surface area contributed by atoms with Crippen molar-refractivity contribution in [2.24, 2.45) is 0 Å². The summed E-state index contributed by atoms with van der Waals surface area (Å²) >= 11 is 12.2. The zero-order valence-corrected chi connectivity index (χ0v) is 14.7. The molecule has 2 heterocycles. The van der Waals surface area contributed by atoms with Crippen LogP contribution in [0.2, 0.25) is 10.0 Å². The lowest BCUT2D eigenvalue weighted by Crippen LogP contribution is -2.16. The normalized spacial score (nSPS) is 11.3. The van der Waals surface area contributed by atoms with E-state index in [9.17, 15) is 4.79 Å². The molecule has 0 N–H and O–H groups in total. The molecule has 124 valence electrons. The maximum Gasteiger partial charge on any atom is 0.266 e.